The van der Waals surface area contributed by atoms with E-state index in [1.807, 2.05) is 6.07 Å². The smallest absolute Gasteiger partial charge is 0.305 e. The van der Waals surface area contributed by atoms with Crippen LogP contribution in [0.4, 0.5) is 5.69 Å². The Bertz CT molecular complexity index is 1080. The first-order chi connectivity index (χ1) is 13.7. The van der Waals surface area contributed by atoms with Gasteiger partial charge in [0.05, 0.1) is 10.4 Å². The molecule has 0 saturated heterocycles. The van der Waals surface area contributed by atoms with Crippen molar-refractivity contribution < 1.29 is 19.4 Å². The number of hydrogen-bond donors (Lipinski definition) is 2. The van der Waals surface area contributed by atoms with Gasteiger partial charge in [-0.05, 0) is 43.4 Å². The number of thiophene rings is 1. The van der Waals surface area contributed by atoms with Gasteiger partial charge in [-0.1, -0.05) is 6.42 Å². The molecule has 0 fully saturated rings. The first kappa shape index (κ1) is 17.2. The fraction of sp³-hybridized carbons (Fsp3) is 0.350. The van der Waals surface area contributed by atoms with Crippen LogP contribution >= 0.6 is 11.3 Å². The molecule has 8 heteroatoms. The first-order valence-corrected chi connectivity index (χ1v) is 10.2. The summed E-state index contributed by atoms with van der Waals surface area (Å²) in [6.07, 6.45) is 5.62. The highest BCUT2D eigenvalue weighted by Gasteiger charge is 2.20. The van der Waals surface area contributed by atoms with E-state index in [4.69, 9.17) is 9.47 Å². The van der Waals surface area contributed by atoms with Gasteiger partial charge in [0.2, 0.25) is 5.88 Å². The van der Waals surface area contributed by atoms with Gasteiger partial charge in [0, 0.05) is 16.3 Å². The van der Waals surface area contributed by atoms with Gasteiger partial charge in [-0.2, -0.15) is 0 Å². The molecule has 2 N–H and O–H groups in total. The van der Waals surface area contributed by atoms with E-state index in [1.165, 1.54) is 34.6 Å². The number of nitrogens with one attached hydrogen (secondary N) is 1. The molecule has 28 heavy (non-hydrogen) atoms. The Morgan fingerprint density at radius 1 is 1.07 bits per heavy atom. The van der Waals surface area contributed by atoms with Crippen molar-refractivity contribution in [3.8, 4) is 17.4 Å². The molecule has 0 atom stereocenters. The number of H-pyrrole nitrogens is 1. The first-order valence-electron chi connectivity index (χ1n) is 9.41. The van der Waals surface area contributed by atoms with Crippen LogP contribution in [0.3, 0.4) is 0 Å². The van der Waals surface area contributed by atoms with Crippen LogP contribution in [0.5, 0.6) is 17.4 Å². The van der Waals surface area contributed by atoms with Crippen LogP contribution in [0, 0.1) is 0 Å². The Morgan fingerprint density at radius 2 is 1.86 bits per heavy atom. The van der Waals surface area contributed by atoms with Crippen LogP contribution in [-0.2, 0) is 12.8 Å². The van der Waals surface area contributed by atoms with Gasteiger partial charge in [0.25, 0.3) is 0 Å². The summed E-state index contributed by atoms with van der Waals surface area (Å²) in [6, 6.07) is 5.44. The fourth-order valence-electron chi connectivity index (χ4n) is 3.72. The Kier molecular flexibility index (Phi) is 4.27. The van der Waals surface area contributed by atoms with Gasteiger partial charge in [0.1, 0.15) is 13.2 Å². The van der Waals surface area contributed by atoms with Gasteiger partial charge in [0.15, 0.2) is 17.2 Å². The topological polar surface area (TPSA) is 96.3 Å². The number of carbonyl (C=O) groups excluding carboxylic acids is 1. The number of aryl methyl sites for hydroxylation is 2. The molecule has 0 unspecified atom stereocenters. The number of aromatic hydroxyl groups is 1. The Morgan fingerprint density at radius 3 is 2.71 bits per heavy atom. The van der Waals surface area contributed by atoms with Crippen molar-refractivity contribution in [3.05, 3.63) is 33.5 Å². The lowest BCUT2D eigenvalue weighted by Crippen LogP contribution is -2.15. The summed E-state index contributed by atoms with van der Waals surface area (Å²) in [5.74, 6) is 0.669. The summed E-state index contributed by atoms with van der Waals surface area (Å²) >= 11 is 1.51. The largest absolute Gasteiger partial charge is 0.493 e. The molecule has 0 bridgehead atoms. The maximum atomic E-state index is 12.5. The van der Waals surface area contributed by atoms with Crippen LogP contribution in [0.1, 0.15) is 39.4 Å². The number of carbonyl (C=O) groups is 1. The maximum absolute atomic E-state index is 12.5. The molecule has 0 spiro atoms. The molecule has 5 rings (SSSR count). The zero-order chi connectivity index (χ0) is 19.1. The average Bonchev–Trinajstić information content (AvgIpc) is 3.16. The summed E-state index contributed by atoms with van der Waals surface area (Å²) in [5, 5.41) is 18.8. The number of benzene rings is 1. The summed E-state index contributed by atoms with van der Waals surface area (Å²) < 4.78 is 11.1. The number of amides is 1. The number of azo groups is 1. The van der Waals surface area contributed by atoms with Crippen LogP contribution in [0.25, 0.3) is 10.9 Å². The number of aromatic nitrogens is 1. The van der Waals surface area contributed by atoms with Crippen LogP contribution < -0.4 is 9.47 Å². The summed E-state index contributed by atoms with van der Waals surface area (Å²) in [7, 11) is 0. The van der Waals surface area contributed by atoms with Crippen molar-refractivity contribution in [1.29, 1.82) is 0 Å². The standard InChI is InChI=1S/C20H19N3O4S/c24-19(17-8-11-4-2-1-3-5-16(11)28-17)23-22-18-12-9-14-15(27-7-6-26-14)10-13(12)21-20(18)25/h8-10,21,25H,1-7H2. The summed E-state index contributed by atoms with van der Waals surface area (Å²) in [4.78, 5) is 17.3. The lowest BCUT2D eigenvalue weighted by molar-refractivity contribution is 0.0999. The molecule has 3 heterocycles. The summed E-state index contributed by atoms with van der Waals surface area (Å²) in [6.45, 7) is 0.949. The van der Waals surface area contributed by atoms with E-state index in [9.17, 15) is 9.90 Å². The number of rotatable bonds is 2. The molecule has 1 aliphatic heterocycles. The van der Waals surface area contributed by atoms with Gasteiger partial charge in [-0.3, -0.25) is 4.79 Å². The number of fused-ring (bicyclic) bond motifs is 3. The molecule has 2 aliphatic rings. The molecule has 3 aromatic rings. The van der Waals surface area contributed by atoms with Crippen LogP contribution in [-0.4, -0.2) is 29.2 Å². The second-order valence-corrected chi connectivity index (χ2v) is 8.13. The quantitative estimate of drug-likeness (QED) is 0.475. The molecule has 1 amide bonds. The predicted octanol–water partition coefficient (Wildman–Crippen LogP) is 4.90. The third-order valence-electron chi connectivity index (χ3n) is 5.11. The zero-order valence-corrected chi connectivity index (χ0v) is 16.0. The van der Waals surface area contributed by atoms with E-state index in [-0.39, 0.29) is 17.5 Å². The van der Waals surface area contributed by atoms with Gasteiger partial charge < -0.3 is 19.6 Å². The highest BCUT2D eigenvalue weighted by Crippen LogP contribution is 2.42. The Hall–Kier alpha value is -2.87. The van der Waals surface area contributed by atoms with Crippen LogP contribution in [0.2, 0.25) is 0 Å². The monoisotopic (exact) mass is 397 g/mol. The van der Waals surface area contributed by atoms with Crippen molar-refractivity contribution in [2.45, 2.75) is 32.1 Å². The molecule has 1 aromatic carbocycles. The van der Waals surface area contributed by atoms with Crippen molar-refractivity contribution in [2.75, 3.05) is 13.2 Å². The third kappa shape index (κ3) is 3.03. The lowest BCUT2D eigenvalue weighted by Gasteiger charge is -2.17. The summed E-state index contributed by atoms with van der Waals surface area (Å²) in [5.41, 5.74) is 2.13. The second kappa shape index (κ2) is 6.94. The number of nitrogens with zero attached hydrogens (tertiary/aromatic N) is 2. The minimum atomic E-state index is -0.385. The highest BCUT2D eigenvalue weighted by atomic mass is 32.1. The van der Waals surface area contributed by atoms with E-state index in [1.54, 1.807) is 12.1 Å². The molecule has 2 aromatic heterocycles. The molecular weight excluding hydrogens is 378 g/mol. The molecule has 1 aliphatic carbocycles. The molecule has 7 nitrogen and oxygen atoms in total. The number of ether oxygens (including phenoxy) is 2. The normalized spacial score (nSPS) is 16.3. The van der Waals surface area contributed by atoms with Crippen molar-refractivity contribution in [2.24, 2.45) is 10.2 Å². The van der Waals surface area contributed by atoms with E-state index < -0.39 is 0 Å². The molecular formula is C20H19N3O4S. The van der Waals surface area contributed by atoms with Crippen molar-refractivity contribution >= 4 is 33.8 Å². The van der Waals surface area contributed by atoms with Crippen LogP contribution in [0.15, 0.2) is 28.4 Å². The van der Waals surface area contributed by atoms with E-state index in [2.05, 4.69) is 15.2 Å². The van der Waals surface area contributed by atoms with E-state index in [0.717, 1.165) is 19.3 Å². The Labute approximate surface area is 165 Å². The van der Waals surface area contributed by atoms with Gasteiger partial charge in [-0.15, -0.1) is 21.6 Å². The Balaban J connectivity index is 1.45. The number of aromatic amines is 1. The van der Waals surface area contributed by atoms with Gasteiger partial charge in [-0.25, -0.2) is 0 Å². The lowest BCUT2D eigenvalue weighted by atomic mass is 10.1. The minimum absolute atomic E-state index is 0.143. The second-order valence-electron chi connectivity index (χ2n) is 6.99. The fourth-order valence-corrected chi connectivity index (χ4v) is 4.85. The highest BCUT2D eigenvalue weighted by molar-refractivity contribution is 7.14. The van der Waals surface area contributed by atoms with E-state index >= 15 is 0 Å². The van der Waals surface area contributed by atoms with Crippen molar-refractivity contribution in [3.63, 3.8) is 0 Å². The molecule has 144 valence electrons. The molecule has 0 saturated carbocycles. The molecule has 0 radical (unpaired) electrons. The van der Waals surface area contributed by atoms with E-state index in [0.29, 0.717) is 40.5 Å². The third-order valence-corrected chi connectivity index (χ3v) is 6.34. The van der Waals surface area contributed by atoms with Crippen molar-refractivity contribution in [1.82, 2.24) is 4.98 Å². The average molecular weight is 397 g/mol. The van der Waals surface area contributed by atoms with Gasteiger partial charge >= 0.3 is 5.91 Å². The SMILES string of the molecule is O=C(N=Nc1c(O)[nH]c2cc3c(cc12)OCCO3)c1cc2c(s1)CCCCC2. The maximum Gasteiger partial charge on any atom is 0.305 e. The number of hydrogen-bond acceptors (Lipinski definition) is 6. The zero-order valence-electron chi connectivity index (χ0n) is 15.2. The predicted molar refractivity (Wildman–Crippen MR) is 105 cm³/mol. The minimum Gasteiger partial charge on any atom is -0.493 e.